The molecule has 2 rings (SSSR count). The van der Waals surface area contributed by atoms with Crippen LogP contribution in [0.5, 0.6) is 0 Å². The molecule has 5 heteroatoms. The van der Waals surface area contributed by atoms with Crippen LogP contribution < -0.4 is 11.1 Å². The molecule has 0 aromatic heterocycles. The van der Waals surface area contributed by atoms with E-state index < -0.39 is 0 Å². The highest BCUT2D eigenvalue weighted by molar-refractivity contribution is 5.99. The monoisotopic (exact) mass is 275 g/mol. The number of benzene rings is 1. The van der Waals surface area contributed by atoms with Gasteiger partial charge in [0.25, 0.3) is 11.8 Å². The Kier molecular flexibility index (Phi) is 4.74. The molecular formula is C15H21N3O2. The summed E-state index contributed by atoms with van der Waals surface area (Å²) in [5, 5.41) is 2.81. The first-order valence-electron chi connectivity index (χ1n) is 7.05. The van der Waals surface area contributed by atoms with E-state index >= 15 is 0 Å². The maximum atomic E-state index is 12.3. The van der Waals surface area contributed by atoms with Crippen LogP contribution in [0.3, 0.4) is 0 Å². The van der Waals surface area contributed by atoms with Crippen molar-refractivity contribution in [2.45, 2.75) is 25.8 Å². The van der Waals surface area contributed by atoms with E-state index in [9.17, 15) is 9.59 Å². The zero-order chi connectivity index (χ0) is 14.5. The quantitative estimate of drug-likeness (QED) is 0.860. The lowest BCUT2D eigenvalue weighted by molar-refractivity contribution is 0.0791. The lowest BCUT2D eigenvalue weighted by atomic mass is 10.1. The van der Waals surface area contributed by atoms with Gasteiger partial charge in [0.1, 0.15) is 0 Å². The highest BCUT2D eigenvalue weighted by Gasteiger charge is 2.24. The summed E-state index contributed by atoms with van der Waals surface area (Å²) in [6.07, 6.45) is 1.72. The second-order valence-electron chi connectivity index (χ2n) is 5.14. The van der Waals surface area contributed by atoms with Gasteiger partial charge in [-0.05, 0) is 31.0 Å². The molecule has 1 atom stereocenters. The van der Waals surface area contributed by atoms with E-state index in [1.165, 1.54) is 0 Å². The minimum Gasteiger partial charge on any atom is -0.352 e. The maximum Gasteiger partial charge on any atom is 0.253 e. The highest BCUT2D eigenvalue weighted by Crippen LogP contribution is 2.13. The van der Waals surface area contributed by atoms with Gasteiger partial charge in [0.05, 0.1) is 0 Å². The summed E-state index contributed by atoms with van der Waals surface area (Å²) in [6, 6.07) is 6.91. The van der Waals surface area contributed by atoms with Gasteiger partial charge in [-0.15, -0.1) is 0 Å². The Morgan fingerprint density at radius 3 is 2.80 bits per heavy atom. The van der Waals surface area contributed by atoms with E-state index in [4.69, 9.17) is 5.73 Å². The molecule has 1 fully saturated rings. The van der Waals surface area contributed by atoms with Crippen LogP contribution >= 0.6 is 0 Å². The molecule has 20 heavy (non-hydrogen) atoms. The standard InChI is InChI=1S/C15H21N3O2/c1-2-7-17-14(19)11-4-3-5-12(9-11)15(20)18-8-6-13(16)10-18/h3-5,9,13H,2,6-8,10,16H2,1H3,(H,17,19)/t13-/m1/s1. The first-order valence-corrected chi connectivity index (χ1v) is 7.05. The van der Waals surface area contributed by atoms with Gasteiger partial charge in [-0.2, -0.15) is 0 Å². The van der Waals surface area contributed by atoms with Gasteiger partial charge in [0.2, 0.25) is 0 Å². The fourth-order valence-corrected chi connectivity index (χ4v) is 2.29. The Labute approximate surface area is 119 Å². The Morgan fingerprint density at radius 2 is 2.15 bits per heavy atom. The predicted octanol–water partition coefficient (Wildman–Crippen LogP) is 1.000. The second-order valence-corrected chi connectivity index (χ2v) is 5.14. The summed E-state index contributed by atoms with van der Waals surface area (Å²) in [7, 11) is 0. The summed E-state index contributed by atoms with van der Waals surface area (Å²) < 4.78 is 0. The number of amides is 2. The van der Waals surface area contributed by atoms with Gasteiger partial charge in [-0.1, -0.05) is 13.0 Å². The predicted molar refractivity (Wildman–Crippen MR) is 77.6 cm³/mol. The molecule has 1 heterocycles. The van der Waals surface area contributed by atoms with Crippen molar-refractivity contribution in [3.63, 3.8) is 0 Å². The summed E-state index contributed by atoms with van der Waals surface area (Å²) >= 11 is 0. The first kappa shape index (κ1) is 14.5. The van der Waals surface area contributed by atoms with Crippen molar-refractivity contribution in [3.05, 3.63) is 35.4 Å². The topological polar surface area (TPSA) is 75.4 Å². The number of nitrogens with two attached hydrogens (primary N) is 1. The molecule has 108 valence electrons. The Morgan fingerprint density at radius 1 is 1.40 bits per heavy atom. The van der Waals surface area contributed by atoms with Crippen molar-refractivity contribution in [2.75, 3.05) is 19.6 Å². The number of carbonyl (C=O) groups is 2. The van der Waals surface area contributed by atoms with E-state index in [-0.39, 0.29) is 17.9 Å². The van der Waals surface area contributed by atoms with E-state index in [0.717, 1.165) is 12.8 Å². The van der Waals surface area contributed by atoms with Crippen LogP contribution in [0.2, 0.25) is 0 Å². The molecule has 0 unspecified atom stereocenters. The SMILES string of the molecule is CCCNC(=O)c1cccc(C(=O)N2CC[C@@H](N)C2)c1. The van der Waals surface area contributed by atoms with Gasteiger partial charge < -0.3 is 16.0 Å². The van der Waals surface area contributed by atoms with Gasteiger partial charge in [0.15, 0.2) is 0 Å². The van der Waals surface area contributed by atoms with Gasteiger partial charge in [-0.25, -0.2) is 0 Å². The minimum absolute atomic E-state index is 0.0527. The lowest BCUT2D eigenvalue weighted by Gasteiger charge is -2.16. The van der Waals surface area contributed by atoms with Gasteiger partial charge in [-0.3, -0.25) is 9.59 Å². The zero-order valence-electron chi connectivity index (χ0n) is 11.8. The van der Waals surface area contributed by atoms with Crippen molar-refractivity contribution < 1.29 is 9.59 Å². The van der Waals surface area contributed by atoms with Crippen LogP contribution in [0.15, 0.2) is 24.3 Å². The average Bonchev–Trinajstić information content (AvgIpc) is 2.90. The highest BCUT2D eigenvalue weighted by atomic mass is 16.2. The van der Waals surface area contributed by atoms with E-state index in [2.05, 4.69) is 5.32 Å². The molecule has 0 aliphatic carbocycles. The van der Waals surface area contributed by atoms with Crippen molar-refractivity contribution >= 4 is 11.8 Å². The fraction of sp³-hybridized carbons (Fsp3) is 0.467. The second kappa shape index (κ2) is 6.52. The van der Waals surface area contributed by atoms with E-state index in [1.54, 1.807) is 29.2 Å². The summed E-state index contributed by atoms with van der Waals surface area (Å²) in [5.74, 6) is -0.192. The summed E-state index contributed by atoms with van der Waals surface area (Å²) in [6.45, 7) is 3.91. The largest absolute Gasteiger partial charge is 0.352 e. The zero-order valence-corrected chi connectivity index (χ0v) is 11.8. The van der Waals surface area contributed by atoms with Crippen LogP contribution in [-0.4, -0.2) is 42.4 Å². The molecule has 1 aliphatic rings. The Balaban J connectivity index is 2.09. The van der Waals surface area contributed by atoms with Crippen LogP contribution in [0.25, 0.3) is 0 Å². The Bertz CT molecular complexity index is 502. The lowest BCUT2D eigenvalue weighted by Crippen LogP contribution is -2.32. The number of nitrogens with zero attached hydrogens (tertiary/aromatic N) is 1. The number of hydrogen-bond donors (Lipinski definition) is 2. The molecule has 0 radical (unpaired) electrons. The molecule has 3 N–H and O–H groups in total. The number of hydrogen-bond acceptors (Lipinski definition) is 3. The maximum absolute atomic E-state index is 12.3. The molecule has 0 bridgehead atoms. The van der Waals surface area contributed by atoms with Crippen LogP contribution in [0, 0.1) is 0 Å². The summed E-state index contributed by atoms with van der Waals surface area (Å²) in [5.41, 5.74) is 6.88. The molecule has 1 aliphatic heterocycles. The molecule has 1 aromatic rings. The van der Waals surface area contributed by atoms with Crippen molar-refractivity contribution in [1.29, 1.82) is 0 Å². The normalized spacial score (nSPS) is 18.1. The summed E-state index contributed by atoms with van der Waals surface area (Å²) in [4.78, 5) is 26.0. The third-order valence-electron chi connectivity index (χ3n) is 3.42. The average molecular weight is 275 g/mol. The van der Waals surface area contributed by atoms with Crippen molar-refractivity contribution in [1.82, 2.24) is 10.2 Å². The minimum atomic E-state index is -0.139. The van der Waals surface area contributed by atoms with Gasteiger partial charge in [0, 0.05) is 36.8 Å². The molecule has 0 spiro atoms. The molecule has 0 saturated carbocycles. The molecular weight excluding hydrogens is 254 g/mol. The van der Waals surface area contributed by atoms with E-state index in [0.29, 0.717) is 30.8 Å². The molecule has 1 aromatic carbocycles. The van der Waals surface area contributed by atoms with E-state index in [1.807, 2.05) is 6.92 Å². The van der Waals surface area contributed by atoms with Crippen LogP contribution in [0.4, 0.5) is 0 Å². The van der Waals surface area contributed by atoms with Gasteiger partial charge >= 0.3 is 0 Å². The molecule has 1 saturated heterocycles. The van der Waals surface area contributed by atoms with Crippen LogP contribution in [0.1, 0.15) is 40.5 Å². The Hall–Kier alpha value is -1.88. The first-order chi connectivity index (χ1) is 9.61. The smallest absolute Gasteiger partial charge is 0.253 e. The fourth-order valence-electron chi connectivity index (χ4n) is 2.29. The van der Waals surface area contributed by atoms with Crippen molar-refractivity contribution in [2.24, 2.45) is 5.73 Å². The van der Waals surface area contributed by atoms with Crippen molar-refractivity contribution in [3.8, 4) is 0 Å². The third-order valence-corrected chi connectivity index (χ3v) is 3.42. The number of rotatable bonds is 4. The molecule has 5 nitrogen and oxygen atoms in total. The van der Waals surface area contributed by atoms with Crippen LogP contribution in [-0.2, 0) is 0 Å². The number of likely N-dealkylation sites (tertiary alicyclic amines) is 1. The third kappa shape index (κ3) is 3.36. The number of carbonyl (C=O) groups excluding carboxylic acids is 2. The number of nitrogens with one attached hydrogen (secondary N) is 1. The molecule has 2 amide bonds.